The zero-order chi connectivity index (χ0) is 15.0. The molecule has 1 aliphatic heterocycles. The van der Waals surface area contributed by atoms with Gasteiger partial charge in [-0.2, -0.15) is 13.2 Å². The van der Waals surface area contributed by atoms with Gasteiger partial charge >= 0.3 is 6.18 Å². The second-order valence-electron chi connectivity index (χ2n) is 5.58. The van der Waals surface area contributed by atoms with Gasteiger partial charge < -0.3 is 4.90 Å². The fraction of sp³-hybridized carbons (Fsp3) is 0.467. The fourth-order valence-electron chi connectivity index (χ4n) is 2.93. The van der Waals surface area contributed by atoms with Gasteiger partial charge in [-0.1, -0.05) is 6.92 Å². The second kappa shape index (κ2) is 5.16. The van der Waals surface area contributed by atoms with Gasteiger partial charge in [-0.25, -0.2) is 0 Å². The number of benzene rings is 1. The normalized spacial score (nSPS) is 20.0. The Bertz CT molecular complexity index is 654. The number of rotatable bonds is 1. The summed E-state index contributed by atoms with van der Waals surface area (Å²) in [4.78, 5) is 10.2. The SMILES string of the molecule is C[C@H]1CCCN(c2ccc(C(F)(F)F)c3nccnc23)C1. The van der Waals surface area contributed by atoms with Gasteiger partial charge in [0.2, 0.25) is 0 Å². The lowest BCUT2D eigenvalue weighted by molar-refractivity contribution is -0.136. The van der Waals surface area contributed by atoms with Gasteiger partial charge in [-0.3, -0.25) is 9.97 Å². The van der Waals surface area contributed by atoms with Crippen LogP contribution in [0.4, 0.5) is 18.9 Å². The Morgan fingerprint density at radius 1 is 1.14 bits per heavy atom. The Labute approximate surface area is 120 Å². The average Bonchev–Trinajstić information content (AvgIpc) is 2.45. The second-order valence-corrected chi connectivity index (χ2v) is 5.58. The molecule has 2 heterocycles. The van der Waals surface area contributed by atoms with E-state index in [2.05, 4.69) is 21.8 Å². The molecule has 0 aliphatic carbocycles. The van der Waals surface area contributed by atoms with Crippen molar-refractivity contribution in [3.63, 3.8) is 0 Å². The minimum absolute atomic E-state index is 0.0688. The van der Waals surface area contributed by atoms with E-state index in [1.807, 2.05) is 0 Å². The number of hydrogen-bond acceptors (Lipinski definition) is 3. The average molecular weight is 295 g/mol. The van der Waals surface area contributed by atoms with E-state index in [0.29, 0.717) is 11.4 Å². The highest BCUT2D eigenvalue weighted by molar-refractivity contribution is 5.90. The molecule has 112 valence electrons. The van der Waals surface area contributed by atoms with E-state index in [1.54, 1.807) is 0 Å². The molecular weight excluding hydrogens is 279 g/mol. The van der Waals surface area contributed by atoms with Crippen molar-refractivity contribution in [3.8, 4) is 0 Å². The van der Waals surface area contributed by atoms with Crippen molar-refractivity contribution in [2.24, 2.45) is 5.92 Å². The first kappa shape index (κ1) is 14.1. The third-order valence-corrected chi connectivity index (χ3v) is 3.91. The zero-order valence-corrected chi connectivity index (χ0v) is 11.7. The molecule has 1 aliphatic rings. The fourth-order valence-corrected chi connectivity index (χ4v) is 2.93. The predicted molar refractivity (Wildman–Crippen MR) is 75.2 cm³/mol. The predicted octanol–water partition coefficient (Wildman–Crippen LogP) is 3.88. The van der Waals surface area contributed by atoms with E-state index >= 15 is 0 Å². The Morgan fingerprint density at radius 2 is 1.86 bits per heavy atom. The van der Waals surface area contributed by atoms with Gasteiger partial charge in [-0.15, -0.1) is 0 Å². The molecule has 0 N–H and O–H groups in total. The summed E-state index contributed by atoms with van der Waals surface area (Å²) in [6.07, 6.45) is 0.534. The van der Waals surface area contributed by atoms with Crippen LogP contribution in [0.5, 0.6) is 0 Å². The van der Waals surface area contributed by atoms with Gasteiger partial charge in [0.1, 0.15) is 11.0 Å². The molecule has 1 fully saturated rings. The quantitative estimate of drug-likeness (QED) is 0.799. The van der Waals surface area contributed by atoms with Crippen molar-refractivity contribution in [2.45, 2.75) is 25.9 Å². The molecule has 1 atom stereocenters. The maximum absolute atomic E-state index is 13.1. The first-order valence-electron chi connectivity index (χ1n) is 7.02. The number of halogens is 3. The van der Waals surface area contributed by atoms with Crippen molar-refractivity contribution >= 4 is 16.7 Å². The molecule has 1 saturated heterocycles. The highest BCUT2D eigenvalue weighted by Gasteiger charge is 2.34. The monoisotopic (exact) mass is 295 g/mol. The Hall–Kier alpha value is -1.85. The highest BCUT2D eigenvalue weighted by atomic mass is 19.4. The van der Waals surface area contributed by atoms with Crippen LogP contribution in [0.3, 0.4) is 0 Å². The first-order chi connectivity index (χ1) is 9.97. The number of hydrogen-bond donors (Lipinski definition) is 0. The van der Waals surface area contributed by atoms with Crippen molar-refractivity contribution in [1.82, 2.24) is 9.97 Å². The third kappa shape index (κ3) is 2.66. The summed E-state index contributed by atoms with van der Waals surface area (Å²) in [7, 11) is 0. The molecule has 1 aromatic carbocycles. The molecule has 2 aromatic rings. The lowest BCUT2D eigenvalue weighted by Gasteiger charge is -2.33. The molecule has 3 nitrogen and oxygen atoms in total. The van der Waals surface area contributed by atoms with Crippen LogP contribution in [0.2, 0.25) is 0 Å². The van der Waals surface area contributed by atoms with Crippen LogP contribution in [0, 0.1) is 5.92 Å². The summed E-state index contributed by atoms with van der Waals surface area (Å²) in [5, 5.41) is 0. The van der Waals surface area contributed by atoms with E-state index in [1.165, 1.54) is 18.5 Å². The number of aromatic nitrogens is 2. The number of fused-ring (bicyclic) bond motifs is 1. The minimum atomic E-state index is -4.41. The van der Waals surface area contributed by atoms with Gasteiger partial charge in [-0.05, 0) is 30.9 Å². The third-order valence-electron chi connectivity index (χ3n) is 3.91. The first-order valence-corrected chi connectivity index (χ1v) is 7.02. The highest BCUT2D eigenvalue weighted by Crippen LogP contribution is 2.37. The molecule has 0 unspecified atom stereocenters. The van der Waals surface area contributed by atoms with Crippen LogP contribution >= 0.6 is 0 Å². The smallest absolute Gasteiger partial charge is 0.369 e. The van der Waals surface area contributed by atoms with Crippen molar-refractivity contribution in [2.75, 3.05) is 18.0 Å². The molecule has 0 bridgehead atoms. The topological polar surface area (TPSA) is 29.0 Å². The van der Waals surface area contributed by atoms with Crippen LogP contribution in [-0.4, -0.2) is 23.1 Å². The maximum atomic E-state index is 13.1. The van der Waals surface area contributed by atoms with E-state index in [-0.39, 0.29) is 5.52 Å². The number of nitrogens with zero attached hydrogens (tertiary/aromatic N) is 3. The molecular formula is C15H16F3N3. The minimum Gasteiger partial charge on any atom is -0.369 e. The lowest BCUT2D eigenvalue weighted by Crippen LogP contribution is -2.34. The molecule has 0 radical (unpaired) electrons. The standard InChI is InChI=1S/C15H16F3N3/c1-10-3-2-8-21(9-10)12-5-4-11(15(16,17)18)13-14(12)20-7-6-19-13/h4-7,10H,2-3,8-9H2,1H3/t10-/m0/s1. The van der Waals surface area contributed by atoms with Crippen molar-refractivity contribution in [3.05, 3.63) is 30.1 Å². The zero-order valence-electron chi connectivity index (χ0n) is 11.7. The van der Waals surface area contributed by atoms with E-state index in [0.717, 1.165) is 37.7 Å². The molecule has 0 spiro atoms. The van der Waals surface area contributed by atoms with Crippen molar-refractivity contribution in [1.29, 1.82) is 0 Å². The summed E-state index contributed by atoms with van der Waals surface area (Å²) in [5.41, 5.74) is 0.291. The van der Waals surface area contributed by atoms with Crippen LogP contribution < -0.4 is 4.90 Å². The van der Waals surface area contributed by atoms with E-state index in [9.17, 15) is 13.2 Å². The van der Waals surface area contributed by atoms with Gasteiger partial charge in [0.25, 0.3) is 0 Å². The summed E-state index contributed by atoms with van der Waals surface area (Å²) < 4.78 is 39.2. The van der Waals surface area contributed by atoms with Gasteiger partial charge in [0, 0.05) is 25.5 Å². The number of anilines is 1. The van der Waals surface area contributed by atoms with Gasteiger partial charge in [0.15, 0.2) is 0 Å². The number of alkyl halides is 3. The number of piperidine rings is 1. The van der Waals surface area contributed by atoms with Crippen LogP contribution in [0.1, 0.15) is 25.3 Å². The van der Waals surface area contributed by atoms with E-state index < -0.39 is 11.7 Å². The summed E-state index contributed by atoms with van der Waals surface area (Å²) in [6, 6.07) is 2.64. The lowest BCUT2D eigenvalue weighted by atomic mass is 9.99. The molecule has 3 rings (SSSR count). The van der Waals surface area contributed by atoms with Crippen LogP contribution in [-0.2, 0) is 6.18 Å². The molecule has 0 amide bonds. The Morgan fingerprint density at radius 3 is 2.52 bits per heavy atom. The summed E-state index contributed by atoms with van der Waals surface area (Å²) in [5.74, 6) is 0.535. The van der Waals surface area contributed by atoms with Crippen molar-refractivity contribution < 1.29 is 13.2 Å². The Kier molecular flexibility index (Phi) is 3.47. The van der Waals surface area contributed by atoms with Gasteiger partial charge in [0.05, 0.1) is 11.3 Å². The van der Waals surface area contributed by atoms with Crippen LogP contribution in [0.15, 0.2) is 24.5 Å². The molecule has 1 aromatic heterocycles. The summed E-state index contributed by atoms with van der Waals surface area (Å²) in [6.45, 7) is 3.85. The van der Waals surface area contributed by atoms with E-state index in [4.69, 9.17) is 0 Å². The Balaban J connectivity index is 2.13. The molecule has 0 saturated carbocycles. The summed E-state index contributed by atoms with van der Waals surface area (Å²) >= 11 is 0. The van der Waals surface area contributed by atoms with Crippen LogP contribution in [0.25, 0.3) is 11.0 Å². The largest absolute Gasteiger partial charge is 0.418 e. The molecule has 6 heteroatoms. The molecule has 21 heavy (non-hydrogen) atoms. The maximum Gasteiger partial charge on any atom is 0.418 e.